The molecule has 0 amide bonds. The maximum Gasteiger partial charge on any atom is 0.374 e. The van der Waals surface area contributed by atoms with Crippen molar-refractivity contribution in [3.8, 4) is 0 Å². The molecule has 2 rings (SSSR count). The summed E-state index contributed by atoms with van der Waals surface area (Å²) >= 11 is 2.12. The van der Waals surface area contributed by atoms with E-state index in [1.54, 1.807) is 19.3 Å². The van der Waals surface area contributed by atoms with E-state index in [1.807, 2.05) is 0 Å². The van der Waals surface area contributed by atoms with Crippen LogP contribution in [0, 0.1) is 3.57 Å². The average Bonchev–Trinajstić information content (AvgIpc) is 2.63. The van der Waals surface area contributed by atoms with E-state index in [0.29, 0.717) is 6.61 Å². The van der Waals surface area contributed by atoms with E-state index in [4.69, 9.17) is 4.74 Å². The summed E-state index contributed by atoms with van der Waals surface area (Å²) in [5.74, 6) is -0.220. The van der Waals surface area contributed by atoms with Crippen molar-refractivity contribution in [3.63, 3.8) is 0 Å². The van der Waals surface area contributed by atoms with E-state index in [9.17, 15) is 4.79 Å². The number of nitrogens with one attached hydrogen (secondary N) is 1. The molecule has 0 aliphatic heterocycles. The maximum atomic E-state index is 11.4. The van der Waals surface area contributed by atoms with Gasteiger partial charge < -0.3 is 9.72 Å². The van der Waals surface area contributed by atoms with Crippen molar-refractivity contribution in [2.75, 3.05) is 6.61 Å². The van der Waals surface area contributed by atoms with Gasteiger partial charge in [0.1, 0.15) is 5.52 Å². The SMILES string of the molecule is CCOC(=O)c1nc2c(I)cncc2[nH]1. The average molecular weight is 317 g/mol. The number of carbonyl (C=O) groups is 1. The molecule has 2 heterocycles. The number of ether oxygens (including phenoxy) is 1. The predicted octanol–water partition coefficient (Wildman–Crippen LogP) is 1.74. The fourth-order valence-electron chi connectivity index (χ4n) is 1.20. The van der Waals surface area contributed by atoms with Crippen LogP contribution in [0.4, 0.5) is 0 Å². The molecule has 0 aliphatic rings. The van der Waals surface area contributed by atoms with Gasteiger partial charge in [0.05, 0.1) is 21.9 Å². The number of pyridine rings is 1. The number of hydrogen-bond donors (Lipinski definition) is 1. The lowest BCUT2D eigenvalue weighted by molar-refractivity contribution is 0.0514. The lowest BCUT2D eigenvalue weighted by Gasteiger charge is -1.95. The number of hydrogen-bond acceptors (Lipinski definition) is 4. The highest BCUT2D eigenvalue weighted by Gasteiger charge is 2.13. The summed E-state index contributed by atoms with van der Waals surface area (Å²) in [7, 11) is 0. The second-order valence-corrected chi connectivity index (χ2v) is 3.99. The van der Waals surface area contributed by atoms with Crippen LogP contribution in [0.25, 0.3) is 11.0 Å². The molecule has 5 nitrogen and oxygen atoms in total. The molecule has 2 aromatic heterocycles. The van der Waals surface area contributed by atoms with Crippen molar-refractivity contribution in [2.24, 2.45) is 0 Å². The van der Waals surface area contributed by atoms with E-state index in [2.05, 4.69) is 37.5 Å². The summed E-state index contributed by atoms with van der Waals surface area (Å²) in [6.07, 6.45) is 3.33. The van der Waals surface area contributed by atoms with E-state index < -0.39 is 5.97 Å². The molecule has 0 fully saturated rings. The number of rotatable bonds is 2. The summed E-state index contributed by atoms with van der Waals surface area (Å²) in [6.45, 7) is 2.09. The molecule has 1 N–H and O–H groups in total. The predicted molar refractivity (Wildman–Crippen MR) is 62.6 cm³/mol. The molecular formula is C9H8IN3O2. The molecule has 15 heavy (non-hydrogen) atoms. The molecule has 0 bridgehead atoms. The standard InChI is InChI=1S/C9H8IN3O2/c1-2-15-9(14)8-12-6-4-11-3-5(10)7(6)13-8/h3-4H,2H2,1H3,(H,12,13). The first-order valence-corrected chi connectivity index (χ1v) is 5.46. The molecule has 78 valence electrons. The van der Waals surface area contributed by atoms with Crippen LogP contribution in [-0.2, 0) is 4.74 Å². The number of H-pyrrole nitrogens is 1. The smallest absolute Gasteiger partial charge is 0.374 e. The van der Waals surface area contributed by atoms with Gasteiger partial charge in [-0.2, -0.15) is 0 Å². The Balaban J connectivity index is 2.47. The van der Waals surface area contributed by atoms with Crippen LogP contribution < -0.4 is 0 Å². The lowest BCUT2D eigenvalue weighted by atomic mass is 10.4. The summed E-state index contributed by atoms with van der Waals surface area (Å²) < 4.78 is 5.74. The van der Waals surface area contributed by atoms with Gasteiger partial charge in [-0.05, 0) is 29.5 Å². The summed E-state index contributed by atoms with van der Waals surface area (Å²) in [6, 6.07) is 0. The Hall–Kier alpha value is -1.18. The normalized spacial score (nSPS) is 10.5. The van der Waals surface area contributed by atoms with Crippen molar-refractivity contribution < 1.29 is 9.53 Å². The van der Waals surface area contributed by atoms with Crippen LogP contribution >= 0.6 is 22.6 Å². The lowest BCUT2D eigenvalue weighted by Crippen LogP contribution is -2.06. The Morgan fingerprint density at radius 2 is 2.40 bits per heavy atom. The maximum absolute atomic E-state index is 11.4. The zero-order chi connectivity index (χ0) is 10.8. The number of fused-ring (bicyclic) bond motifs is 1. The second kappa shape index (κ2) is 4.13. The quantitative estimate of drug-likeness (QED) is 0.677. The molecule has 0 atom stereocenters. The van der Waals surface area contributed by atoms with Gasteiger partial charge in [-0.15, -0.1) is 0 Å². The number of imidazole rings is 1. The molecular weight excluding hydrogens is 309 g/mol. The third kappa shape index (κ3) is 1.94. The van der Waals surface area contributed by atoms with Crippen LogP contribution in [0.15, 0.2) is 12.4 Å². The summed E-state index contributed by atoms with van der Waals surface area (Å²) in [4.78, 5) is 22.4. The van der Waals surface area contributed by atoms with Crippen LogP contribution in [0.1, 0.15) is 17.5 Å². The second-order valence-electron chi connectivity index (χ2n) is 2.82. The van der Waals surface area contributed by atoms with Crippen molar-refractivity contribution >= 4 is 39.6 Å². The van der Waals surface area contributed by atoms with Gasteiger partial charge in [0.2, 0.25) is 5.82 Å². The van der Waals surface area contributed by atoms with Crippen molar-refractivity contribution in [2.45, 2.75) is 6.92 Å². The number of esters is 1. The number of halogens is 1. The van der Waals surface area contributed by atoms with Crippen LogP contribution in [0.2, 0.25) is 0 Å². The van der Waals surface area contributed by atoms with Gasteiger partial charge in [0, 0.05) is 6.20 Å². The fourth-order valence-corrected chi connectivity index (χ4v) is 1.77. The largest absolute Gasteiger partial charge is 0.460 e. The molecule has 0 unspecified atom stereocenters. The Labute approximate surface area is 99.4 Å². The summed E-state index contributed by atoms with van der Waals surface area (Å²) in [5.41, 5.74) is 1.48. The zero-order valence-corrected chi connectivity index (χ0v) is 10.1. The minimum absolute atomic E-state index is 0.220. The van der Waals surface area contributed by atoms with Gasteiger partial charge in [0.15, 0.2) is 0 Å². The number of nitrogens with zero attached hydrogens (tertiary/aromatic N) is 2. The minimum atomic E-state index is -0.440. The van der Waals surface area contributed by atoms with E-state index in [1.165, 1.54) is 0 Å². The molecule has 0 saturated carbocycles. The molecule has 2 aromatic rings. The van der Waals surface area contributed by atoms with Gasteiger partial charge in [-0.1, -0.05) is 0 Å². The van der Waals surface area contributed by atoms with E-state index >= 15 is 0 Å². The molecule has 0 aliphatic carbocycles. The van der Waals surface area contributed by atoms with Crippen LogP contribution in [0.5, 0.6) is 0 Å². The van der Waals surface area contributed by atoms with E-state index in [-0.39, 0.29) is 5.82 Å². The Morgan fingerprint density at radius 3 is 3.07 bits per heavy atom. The molecule has 0 spiro atoms. The third-order valence-corrected chi connectivity index (χ3v) is 2.61. The van der Waals surface area contributed by atoms with Gasteiger partial charge >= 0.3 is 5.97 Å². The monoisotopic (exact) mass is 317 g/mol. The van der Waals surface area contributed by atoms with Gasteiger partial charge in [0.25, 0.3) is 0 Å². The minimum Gasteiger partial charge on any atom is -0.460 e. The number of carbonyl (C=O) groups excluding carboxylic acids is 1. The van der Waals surface area contributed by atoms with Gasteiger partial charge in [-0.3, -0.25) is 4.98 Å². The molecule has 0 radical (unpaired) electrons. The Kier molecular flexibility index (Phi) is 2.85. The summed E-state index contributed by atoms with van der Waals surface area (Å²) in [5, 5.41) is 0. The van der Waals surface area contributed by atoms with Crippen LogP contribution in [-0.4, -0.2) is 27.5 Å². The van der Waals surface area contributed by atoms with Crippen molar-refractivity contribution in [1.82, 2.24) is 15.0 Å². The highest BCUT2D eigenvalue weighted by Crippen LogP contribution is 2.16. The van der Waals surface area contributed by atoms with Crippen LogP contribution in [0.3, 0.4) is 0 Å². The number of aromatic amines is 1. The first kappa shape index (κ1) is 10.3. The first-order valence-electron chi connectivity index (χ1n) is 4.38. The molecule has 0 saturated heterocycles. The highest BCUT2D eigenvalue weighted by atomic mass is 127. The Morgan fingerprint density at radius 1 is 1.60 bits per heavy atom. The van der Waals surface area contributed by atoms with Crippen molar-refractivity contribution in [1.29, 1.82) is 0 Å². The van der Waals surface area contributed by atoms with Gasteiger partial charge in [-0.25, -0.2) is 9.78 Å². The highest BCUT2D eigenvalue weighted by molar-refractivity contribution is 14.1. The number of aromatic nitrogens is 3. The first-order chi connectivity index (χ1) is 7.22. The third-order valence-electron chi connectivity index (χ3n) is 1.82. The molecule has 0 aromatic carbocycles. The Bertz CT molecular complexity index is 509. The van der Waals surface area contributed by atoms with E-state index in [0.717, 1.165) is 14.6 Å². The fraction of sp³-hybridized carbons (Fsp3) is 0.222. The topological polar surface area (TPSA) is 67.9 Å². The molecule has 6 heteroatoms. The zero-order valence-electron chi connectivity index (χ0n) is 7.95. The van der Waals surface area contributed by atoms with Crippen molar-refractivity contribution in [3.05, 3.63) is 21.8 Å².